The van der Waals surface area contributed by atoms with Gasteiger partial charge in [-0.1, -0.05) is 13.8 Å². The van der Waals surface area contributed by atoms with Gasteiger partial charge in [-0.2, -0.15) is 0 Å². The first kappa shape index (κ1) is 17.0. The van der Waals surface area contributed by atoms with Gasteiger partial charge in [0.1, 0.15) is 0 Å². The van der Waals surface area contributed by atoms with Crippen LogP contribution in [0.25, 0.3) is 0 Å². The summed E-state index contributed by atoms with van der Waals surface area (Å²) in [5.74, 6) is 0.0407. The van der Waals surface area contributed by atoms with Gasteiger partial charge in [-0.05, 0) is 44.4 Å². The average molecular weight is 285 g/mol. The molecule has 5 heteroatoms. The second kappa shape index (κ2) is 7.07. The van der Waals surface area contributed by atoms with Crippen LogP contribution >= 0.6 is 0 Å². The van der Waals surface area contributed by atoms with Crippen LogP contribution in [0.1, 0.15) is 46.5 Å². The summed E-state index contributed by atoms with van der Waals surface area (Å²) in [7, 11) is 1.43. The monoisotopic (exact) mass is 285 g/mol. The average Bonchev–Trinajstić information content (AvgIpc) is 2.38. The quantitative estimate of drug-likeness (QED) is 0.783. The van der Waals surface area contributed by atoms with E-state index in [1.54, 1.807) is 0 Å². The van der Waals surface area contributed by atoms with Crippen LogP contribution in [0.2, 0.25) is 0 Å². The molecule has 20 heavy (non-hydrogen) atoms. The van der Waals surface area contributed by atoms with Crippen molar-refractivity contribution in [2.75, 3.05) is 13.7 Å². The lowest BCUT2D eigenvalue weighted by Crippen LogP contribution is -2.56. The molecule has 0 aliphatic heterocycles. The van der Waals surface area contributed by atoms with Gasteiger partial charge in [-0.15, -0.1) is 0 Å². The topological polar surface area (TPSA) is 75.6 Å². The van der Waals surface area contributed by atoms with E-state index < -0.39 is 11.5 Å². The molecule has 1 fully saturated rings. The Morgan fingerprint density at radius 1 is 1.30 bits per heavy atom. The van der Waals surface area contributed by atoms with Crippen molar-refractivity contribution in [3.63, 3.8) is 0 Å². The number of methoxy groups -OCH3 is 1. The first-order chi connectivity index (χ1) is 9.30. The number of amides is 1. The highest BCUT2D eigenvalue weighted by atomic mass is 16.5. The number of carboxylic acid groups (broad SMARTS) is 1. The van der Waals surface area contributed by atoms with Gasteiger partial charge in [-0.3, -0.25) is 4.79 Å². The normalized spacial score (nSPS) is 26.1. The zero-order valence-corrected chi connectivity index (χ0v) is 12.9. The molecule has 1 saturated carbocycles. The SMILES string of the molecule is COCC(C)(NC(=O)C1CCC(C(C)C)CC1)C(=O)O. The first-order valence-electron chi connectivity index (χ1n) is 7.34. The van der Waals surface area contributed by atoms with Gasteiger partial charge in [0.05, 0.1) is 6.61 Å². The van der Waals surface area contributed by atoms with E-state index in [-0.39, 0.29) is 18.4 Å². The zero-order chi connectivity index (χ0) is 15.3. The van der Waals surface area contributed by atoms with Gasteiger partial charge >= 0.3 is 5.97 Å². The molecule has 1 aliphatic rings. The summed E-state index contributed by atoms with van der Waals surface area (Å²) in [6.45, 7) is 5.88. The first-order valence-corrected chi connectivity index (χ1v) is 7.34. The number of ether oxygens (including phenoxy) is 1. The van der Waals surface area contributed by atoms with Crippen molar-refractivity contribution in [2.24, 2.45) is 17.8 Å². The summed E-state index contributed by atoms with van der Waals surface area (Å²) < 4.78 is 4.91. The molecule has 5 nitrogen and oxygen atoms in total. The minimum absolute atomic E-state index is 0.0323. The number of rotatable bonds is 6. The van der Waals surface area contributed by atoms with Crippen molar-refractivity contribution < 1.29 is 19.4 Å². The van der Waals surface area contributed by atoms with E-state index in [1.807, 2.05) is 0 Å². The summed E-state index contributed by atoms with van der Waals surface area (Å²) in [6.07, 6.45) is 3.78. The van der Waals surface area contributed by atoms with Gasteiger partial charge in [0.25, 0.3) is 0 Å². The Morgan fingerprint density at radius 2 is 1.85 bits per heavy atom. The lowest BCUT2D eigenvalue weighted by atomic mass is 9.76. The highest BCUT2D eigenvalue weighted by Gasteiger charge is 2.37. The highest BCUT2D eigenvalue weighted by molar-refractivity contribution is 5.87. The minimum Gasteiger partial charge on any atom is -0.479 e. The molecule has 0 saturated heterocycles. The second-order valence-corrected chi connectivity index (χ2v) is 6.42. The summed E-state index contributed by atoms with van der Waals surface area (Å²) in [5.41, 5.74) is -1.35. The predicted octanol–water partition coefficient (Wildman–Crippen LogP) is 2.05. The Labute approximate surface area is 121 Å². The molecule has 1 aliphatic carbocycles. The summed E-state index contributed by atoms with van der Waals surface area (Å²) in [6, 6.07) is 0. The van der Waals surface area contributed by atoms with Crippen LogP contribution in [0, 0.1) is 17.8 Å². The van der Waals surface area contributed by atoms with Crippen LogP contribution in [0.15, 0.2) is 0 Å². The van der Waals surface area contributed by atoms with Crippen LogP contribution < -0.4 is 5.32 Å². The Bertz CT molecular complexity index is 348. The maximum absolute atomic E-state index is 12.2. The Morgan fingerprint density at radius 3 is 2.25 bits per heavy atom. The predicted molar refractivity (Wildman–Crippen MR) is 76.3 cm³/mol. The van der Waals surface area contributed by atoms with Crippen LogP contribution in [0.3, 0.4) is 0 Å². The zero-order valence-electron chi connectivity index (χ0n) is 12.9. The Hall–Kier alpha value is -1.10. The molecule has 0 aromatic heterocycles. The molecule has 0 aromatic carbocycles. The molecule has 1 rings (SSSR count). The fourth-order valence-electron chi connectivity index (χ4n) is 2.86. The van der Waals surface area contributed by atoms with Crippen molar-refractivity contribution in [1.29, 1.82) is 0 Å². The highest BCUT2D eigenvalue weighted by Crippen LogP contribution is 2.33. The molecule has 0 radical (unpaired) electrons. The van der Waals surface area contributed by atoms with Crippen molar-refractivity contribution in [1.82, 2.24) is 5.32 Å². The lowest BCUT2D eigenvalue weighted by Gasteiger charge is -2.32. The molecule has 0 aromatic rings. The minimum atomic E-state index is -1.35. The van der Waals surface area contributed by atoms with Crippen molar-refractivity contribution in [3.05, 3.63) is 0 Å². The van der Waals surface area contributed by atoms with E-state index in [0.717, 1.165) is 25.7 Å². The van der Waals surface area contributed by atoms with Crippen LogP contribution in [0.4, 0.5) is 0 Å². The molecule has 0 heterocycles. The molecule has 1 atom stereocenters. The molecule has 0 bridgehead atoms. The van der Waals surface area contributed by atoms with Crippen LogP contribution in [-0.2, 0) is 14.3 Å². The molecule has 1 amide bonds. The largest absolute Gasteiger partial charge is 0.479 e. The van der Waals surface area contributed by atoms with Gasteiger partial charge < -0.3 is 15.2 Å². The van der Waals surface area contributed by atoms with Crippen LogP contribution in [-0.4, -0.2) is 36.2 Å². The van der Waals surface area contributed by atoms with E-state index in [2.05, 4.69) is 19.2 Å². The molecular formula is C15H27NO4. The van der Waals surface area contributed by atoms with E-state index in [1.165, 1.54) is 14.0 Å². The van der Waals surface area contributed by atoms with E-state index in [4.69, 9.17) is 4.74 Å². The third kappa shape index (κ3) is 4.20. The molecule has 116 valence electrons. The van der Waals surface area contributed by atoms with Crippen LogP contribution in [0.5, 0.6) is 0 Å². The van der Waals surface area contributed by atoms with Gasteiger partial charge in [0, 0.05) is 13.0 Å². The maximum atomic E-state index is 12.2. The summed E-state index contributed by atoms with van der Waals surface area (Å²) >= 11 is 0. The number of nitrogens with one attached hydrogen (secondary N) is 1. The summed E-state index contributed by atoms with van der Waals surface area (Å²) in [4.78, 5) is 23.5. The van der Waals surface area contributed by atoms with Gasteiger partial charge in [0.2, 0.25) is 5.91 Å². The molecule has 2 N–H and O–H groups in total. The fourth-order valence-corrected chi connectivity index (χ4v) is 2.86. The van der Waals surface area contributed by atoms with E-state index in [0.29, 0.717) is 11.8 Å². The van der Waals surface area contributed by atoms with Crippen molar-refractivity contribution >= 4 is 11.9 Å². The maximum Gasteiger partial charge on any atom is 0.331 e. The van der Waals surface area contributed by atoms with Crippen molar-refractivity contribution in [3.8, 4) is 0 Å². The molecule has 1 unspecified atom stereocenters. The number of hydrogen-bond acceptors (Lipinski definition) is 3. The Balaban J connectivity index is 2.57. The Kier molecular flexibility index (Phi) is 5.99. The number of aliphatic carboxylic acids is 1. The number of carbonyl (C=O) groups is 2. The molecule has 0 spiro atoms. The number of carbonyl (C=O) groups excluding carboxylic acids is 1. The van der Waals surface area contributed by atoms with E-state index in [9.17, 15) is 14.7 Å². The smallest absolute Gasteiger partial charge is 0.331 e. The third-order valence-corrected chi connectivity index (χ3v) is 4.39. The summed E-state index contributed by atoms with van der Waals surface area (Å²) in [5, 5.41) is 11.9. The number of carboxylic acids is 1. The molecular weight excluding hydrogens is 258 g/mol. The van der Waals surface area contributed by atoms with Gasteiger partial charge in [-0.25, -0.2) is 4.79 Å². The lowest BCUT2D eigenvalue weighted by molar-refractivity contribution is -0.150. The van der Waals surface area contributed by atoms with Crippen molar-refractivity contribution in [2.45, 2.75) is 52.0 Å². The van der Waals surface area contributed by atoms with Gasteiger partial charge in [0.15, 0.2) is 5.54 Å². The third-order valence-electron chi connectivity index (χ3n) is 4.39. The second-order valence-electron chi connectivity index (χ2n) is 6.42. The van der Waals surface area contributed by atoms with E-state index >= 15 is 0 Å². The fraction of sp³-hybridized carbons (Fsp3) is 0.867. The standard InChI is InChI=1S/C15H27NO4/c1-10(2)11-5-7-12(8-6-11)13(17)16-15(3,9-20-4)14(18)19/h10-12H,5-9H2,1-4H3,(H,16,17)(H,18,19). The number of hydrogen-bond donors (Lipinski definition) is 2.